The van der Waals surface area contributed by atoms with E-state index in [0.29, 0.717) is 11.8 Å². The third-order valence-corrected chi connectivity index (χ3v) is 3.67. The van der Waals surface area contributed by atoms with Crippen molar-refractivity contribution in [1.29, 1.82) is 0 Å². The lowest BCUT2D eigenvalue weighted by Gasteiger charge is -1.95. The Bertz CT molecular complexity index is 673. The first-order chi connectivity index (χ1) is 8.45. The Morgan fingerprint density at radius 3 is 2.39 bits per heavy atom. The van der Waals surface area contributed by atoms with Gasteiger partial charge in [-0.1, -0.05) is 0 Å². The number of hydrogen-bond acceptors (Lipinski definition) is 6. The summed E-state index contributed by atoms with van der Waals surface area (Å²) in [7, 11) is -4.28. The predicted octanol–water partition coefficient (Wildman–Crippen LogP) is -0.100. The van der Waals surface area contributed by atoms with Crippen LogP contribution in [0.15, 0.2) is 23.2 Å². The van der Waals surface area contributed by atoms with Gasteiger partial charge in [0.1, 0.15) is 4.91 Å². The smallest absolute Gasteiger partial charge is 0.298 e. The highest BCUT2D eigenvalue weighted by Gasteiger charge is 2.41. The summed E-state index contributed by atoms with van der Waals surface area (Å²) in [5.74, 6) is -0.985. The van der Waals surface area contributed by atoms with E-state index in [1.807, 2.05) is 0 Å². The van der Waals surface area contributed by atoms with Crippen LogP contribution in [-0.2, 0) is 14.6 Å². The number of imide groups is 1. The number of nitrogens with one attached hydrogen (secondary N) is 1. The standard InChI is InChI=1S/C10H6N2O5S/c13-5-6-1-2-7(11-4-6)3-8-9(14)12-10(15)18(8,16)17/h1-5H,(H,12,14,15)/b8-3+. The van der Waals surface area contributed by atoms with Gasteiger partial charge in [0.2, 0.25) is 0 Å². The SMILES string of the molecule is O=Cc1ccc(/C=C2\C(=O)NC(=O)S2(=O)=O)nc1. The average Bonchev–Trinajstić information content (AvgIpc) is 2.53. The highest BCUT2D eigenvalue weighted by Crippen LogP contribution is 2.18. The molecule has 0 spiro atoms. The molecule has 0 radical (unpaired) electrons. The molecule has 1 N–H and O–H groups in total. The minimum Gasteiger partial charge on any atom is -0.298 e. The number of rotatable bonds is 2. The molecule has 8 heteroatoms. The van der Waals surface area contributed by atoms with Gasteiger partial charge in [0.05, 0.1) is 5.69 Å². The van der Waals surface area contributed by atoms with Crippen molar-refractivity contribution in [3.8, 4) is 0 Å². The van der Waals surface area contributed by atoms with Crippen LogP contribution in [0.1, 0.15) is 16.1 Å². The molecule has 1 aromatic heterocycles. The maximum atomic E-state index is 11.4. The van der Waals surface area contributed by atoms with Gasteiger partial charge in [-0.3, -0.25) is 24.7 Å². The van der Waals surface area contributed by atoms with Crippen LogP contribution in [0.5, 0.6) is 0 Å². The Morgan fingerprint density at radius 1 is 1.22 bits per heavy atom. The number of carbonyl (C=O) groups is 3. The molecule has 2 amide bonds. The fraction of sp³-hybridized carbons (Fsp3) is 0. The van der Waals surface area contributed by atoms with E-state index < -0.39 is 25.9 Å². The second kappa shape index (κ2) is 4.15. The van der Waals surface area contributed by atoms with Gasteiger partial charge in [-0.15, -0.1) is 0 Å². The highest BCUT2D eigenvalue weighted by atomic mass is 32.2. The fourth-order valence-corrected chi connectivity index (χ4v) is 2.29. The fourth-order valence-electron chi connectivity index (χ4n) is 1.29. The average molecular weight is 266 g/mol. The van der Waals surface area contributed by atoms with Crippen molar-refractivity contribution in [2.45, 2.75) is 0 Å². The molecule has 2 rings (SSSR count). The summed E-state index contributed by atoms with van der Waals surface area (Å²) < 4.78 is 22.9. The van der Waals surface area contributed by atoms with Crippen molar-refractivity contribution in [3.63, 3.8) is 0 Å². The molecule has 0 atom stereocenters. The van der Waals surface area contributed by atoms with E-state index in [9.17, 15) is 22.8 Å². The number of amides is 2. The van der Waals surface area contributed by atoms with Gasteiger partial charge in [-0.2, -0.15) is 0 Å². The van der Waals surface area contributed by atoms with Gasteiger partial charge in [0.25, 0.3) is 15.7 Å². The minimum absolute atomic E-state index is 0.157. The predicted molar refractivity (Wildman–Crippen MR) is 60.1 cm³/mol. The van der Waals surface area contributed by atoms with Crippen LogP contribution < -0.4 is 5.32 Å². The van der Waals surface area contributed by atoms with Crippen molar-refractivity contribution >= 4 is 33.3 Å². The van der Waals surface area contributed by atoms with Gasteiger partial charge in [0, 0.05) is 11.8 Å². The molecular formula is C10H6N2O5S. The summed E-state index contributed by atoms with van der Waals surface area (Å²) in [5.41, 5.74) is 0.469. The van der Waals surface area contributed by atoms with Crippen LogP contribution in [0.4, 0.5) is 4.79 Å². The van der Waals surface area contributed by atoms with Crippen LogP contribution in [-0.4, -0.2) is 30.8 Å². The number of sulfone groups is 1. The van der Waals surface area contributed by atoms with Crippen LogP contribution in [0.2, 0.25) is 0 Å². The highest BCUT2D eigenvalue weighted by molar-refractivity contribution is 8.11. The number of aldehydes is 1. The van der Waals surface area contributed by atoms with Crippen molar-refractivity contribution in [2.24, 2.45) is 0 Å². The number of aromatic nitrogens is 1. The van der Waals surface area contributed by atoms with Crippen LogP contribution in [0.3, 0.4) is 0 Å². The molecule has 0 aromatic carbocycles. The molecular weight excluding hydrogens is 260 g/mol. The molecule has 0 unspecified atom stereocenters. The third-order valence-electron chi connectivity index (χ3n) is 2.20. The third kappa shape index (κ3) is 1.93. The summed E-state index contributed by atoms with van der Waals surface area (Å²) in [6, 6.07) is 2.77. The molecule has 0 aliphatic carbocycles. The van der Waals surface area contributed by atoms with E-state index in [2.05, 4.69) is 4.98 Å². The normalized spacial score (nSPS) is 19.9. The molecule has 1 saturated heterocycles. The van der Waals surface area contributed by atoms with E-state index in [4.69, 9.17) is 0 Å². The Hall–Kier alpha value is -2.35. The van der Waals surface area contributed by atoms with Gasteiger partial charge < -0.3 is 0 Å². The van der Waals surface area contributed by atoms with E-state index in [1.165, 1.54) is 18.3 Å². The molecule has 1 aromatic rings. The molecule has 1 aliphatic rings. The number of pyridine rings is 1. The summed E-state index contributed by atoms with van der Waals surface area (Å²) in [4.78, 5) is 35.8. The maximum absolute atomic E-state index is 11.4. The molecule has 1 aliphatic heterocycles. The Balaban J connectivity index is 2.47. The van der Waals surface area contributed by atoms with E-state index in [1.54, 1.807) is 5.32 Å². The maximum Gasteiger partial charge on any atom is 0.348 e. The Labute approximate surface area is 101 Å². The molecule has 92 valence electrons. The second-order valence-corrected chi connectivity index (χ2v) is 5.21. The lowest BCUT2D eigenvalue weighted by molar-refractivity contribution is -0.115. The number of nitrogens with zero attached hydrogens (tertiary/aromatic N) is 1. The quantitative estimate of drug-likeness (QED) is 0.591. The zero-order valence-corrected chi connectivity index (χ0v) is 9.60. The molecule has 2 heterocycles. The summed E-state index contributed by atoms with van der Waals surface area (Å²) in [6.45, 7) is 0. The Kier molecular flexibility index (Phi) is 2.79. The van der Waals surface area contributed by atoms with Crippen LogP contribution >= 0.6 is 0 Å². The molecule has 0 bridgehead atoms. The first kappa shape index (κ1) is 12.1. The van der Waals surface area contributed by atoms with Gasteiger partial charge in [-0.25, -0.2) is 8.42 Å². The first-order valence-corrected chi connectivity index (χ1v) is 6.17. The summed E-state index contributed by atoms with van der Waals surface area (Å²) >= 11 is 0. The second-order valence-electron chi connectivity index (χ2n) is 3.39. The number of hydrogen-bond donors (Lipinski definition) is 1. The zero-order chi connectivity index (χ0) is 13.3. The first-order valence-electron chi connectivity index (χ1n) is 4.68. The van der Waals surface area contributed by atoms with Gasteiger partial charge in [-0.05, 0) is 18.2 Å². The summed E-state index contributed by atoms with van der Waals surface area (Å²) in [5, 5.41) is 0.338. The summed E-state index contributed by atoms with van der Waals surface area (Å²) in [6.07, 6.45) is 2.78. The Morgan fingerprint density at radius 2 is 1.94 bits per heavy atom. The molecule has 7 nitrogen and oxygen atoms in total. The molecule has 18 heavy (non-hydrogen) atoms. The van der Waals surface area contributed by atoms with E-state index in [-0.39, 0.29) is 5.69 Å². The van der Waals surface area contributed by atoms with E-state index >= 15 is 0 Å². The monoisotopic (exact) mass is 266 g/mol. The van der Waals surface area contributed by atoms with Crippen LogP contribution in [0, 0.1) is 0 Å². The van der Waals surface area contributed by atoms with Gasteiger partial charge >= 0.3 is 5.24 Å². The lowest BCUT2D eigenvalue weighted by atomic mass is 10.2. The van der Waals surface area contributed by atoms with Crippen molar-refractivity contribution in [1.82, 2.24) is 10.3 Å². The number of carbonyl (C=O) groups excluding carboxylic acids is 3. The largest absolute Gasteiger partial charge is 0.348 e. The minimum atomic E-state index is -4.28. The zero-order valence-electron chi connectivity index (χ0n) is 8.78. The van der Waals surface area contributed by atoms with Crippen LogP contribution in [0.25, 0.3) is 6.08 Å². The topological polar surface area (TPSA) is 110 Å². The van der Waals surface area contributed by atoms with Crippen molar-refractivity contribution in [2.75, 3.05) is 0 Å². The van der Waals surface area contributed by atoms with Crippen molar-refractivity contribution < 1.29 is 22.8 Å². The van der Waals surface area contributed by atoms with Gasteiger partial charge in [0.15, 0.2) is 6.29 Å². The lowest BCUT2D eigenvalue weighted by Crippen LogP contribution is -2.20. The van der Waals surface area contributed by atoms with E-state index in [0.717, 1.165) is 6.08 Å². The molecule has 1 fully saturated rings. The molecule has 0 saturated carbocycles. The van der Waals surface area contributed by atoms with Crippen molar-refractivity contribution in [3.05, 3.63) is 34.5 Å².